The van der Waals surface area contributed by atoms with E-state index in [2.05, 4.69) is 32.0 Å². The molecular formula is C25H27F3N6O6. The summed E-state index contributed by atoms with van der Waals surface area (Å²) >= 11 is 0. The van der Waals surface area contributed by atoms with Gasteiger partial charge in [0.15, 0.2) is 11.2 Å². The Morgan fingerprint density at radius 3 is 2.20 bits per heavy atom. The minimum absolute atomic E-state index is 0.0832. The largest absolute Gasteiger partial charge is 0.490 e. The highest BCUT2D eigenvalue weighted by molar-refractivity contribution is 5.88. The van der Waals surface area contributed by atoms with Gasteiger partial charge < -0.3 is 25.2 Å². The minimum atomic E-state index is -5.08. The average Bonchev–Trinajstić information content (AvgIpc) is 3.26. The molecular weight excluding hydrogens is 537 g/mol. The molecule has 214 valence electrons. The summed E-state index contributed by atoms with van der Waals surface area (Å²) in [7, 11) is 1.59. The number of aryl methyl sites for hydroxylation is 2. The van der Waals surface area contributed by atoms with Gasteiger partial charge in [0.2, 0.25) is 5.95 Å². The molecule has 1 fully saturated rings. The fraction of sp³-hybridized carbons (Fsp3) is 0.400. The van der Waals surface area contributed by atoms with Crippen molar-refractivity contribution in [3.8, 4) is 23.6 Å². The van der Waals surface area contributed by atoms with E-state index in [0.29, 0.717) is 34.9 Å². The van der Waals surface area contributed by atoms with E-state index in [0.717, 1.165) is 26.2 Å². The van der Waals surface area contributed by atoms with Gasteiger partial charge >= 0.3 is 24.1 Å². The van der Waals surface area contributed by atoms with Crippen molar-refractivity contribution in [2.45, 2.75) is 33.5 Å². The zero-order valence-corrected chi connectivity index (χ0v) is 22.1. The highest BCUT2D eigenvalue weighted by Crippen LogP contribution is 2.30. The van der Waals surface area contributed by atoms with Crippen molar-refractivity contribution in [2.75, 3.05) is 31.1 Å². The van der Waals surface area contributed by atoms with Gasteiger partial charge in [-0.2, -0.15) is 23.1 Å². The van der Waals surface area contributed by atoms with Gasteiger partial charge in [0.25, 0.3) is 5.56 Å². The highest BCUT2D eigenvalue weighted by atomic mass is 19.4. The van der Waals surface area contributed by atoms with Gasteiger partial charge in [-0.15, -0.1) is 5.92 Å². The predicted octanol–water partition coefficient (Wildman–Crippen LogP) is 2.30. The quantitative estimate of drug-likeness (QED) is 0.394. The molecule has 0 unspecified atom stereocenters. The van der Waals surface area contributed by atoms with Gasteiger partial charge in [0.1, 0.15) is 5.75 Å². The molecule has 0 atom stereocenters. The number of piperazine rings is 1. The van der Waals surface area contributed by atoms with Gasteiger partial charge in [-0.25, -0.2) is 9.59 Å². The monoisotopic (exact) mass is 564 g/mol. The molecule has 0 amide bonds. The summed E-state index contributed by atoms with van der Waals surface area (Å²) in [6.45, 7) is 8.78. The first kappa shape index (κ1) is 30.0. The number of fused-ring (bicyclic) bond motifs is 1. The van der Waals surface area contributed by atoms with Gasteiger partial charge in [-0.05, 0) is 44.0 Å². The Morgan fingerprint density at radius 2 is 1.70 bits per heavy atom. The zero-order valence-electron chi connectivity index (χ0n) is 22.1. The lowest BCUT2D eigenvalue weighted by Gasteiger charge is -2.28. The lowest BCUT2D eigenvalue weighted by molar-refractivity contribution is -0.192. The molecule has 0 aliphatic carbocycles. The maximum atomic E-state index is 13.4. The molecule has 40 heavy (non-hydrogen) atoms. The Labute approximate surface area is 226 Å². The lowest BCUT2D eigenvalue weighted by Crippen LogP contribution is -2.44. The Morgan fingerprint density at radius 1 is 1.12 bits per heavy atom. The number of hydrogen-bond donors (Lipinski definition) is 3. The molecule has 1 aromatic carbocycles. The summed E-state index contributed by atoms with van der Waals surface area (Å²) in [5.41, 5.74) is 1.80. The van der Waals surface area contributed by atoms with Crippen LogP contribution in [0.4, 0.5) is 19.1 Å². The van der Waals surface area contributed by atoms with Crippen LogP contribution < -0.4 is 20.5 Å². The Hall–Kier alpha value is -4.58. The number of aliphatic carboxylic acids is 1. The number of carbonyl (C=O) groups is 2. The molecule has 12 nitrogen and oxygen atoms in total. The maximum absolute atomic E-state index is 13.4. The first-order valence-corrected chi connectivity index (χ1v) is 11.9. The molecule has 0 spiro atoms. The standard InChI is InChI=1S/C23H26N6O4.C2HF3O2/c1-5-6-9-29-17-19(25-22(29)28-10-7-24-8-11-28)26-23(27(4)20(17)30)33-18-14(2)12-16(21(31)32)13-15(18)3;3-2(4,5)1(6)7/h12-13,24H,7-11H2,1-4H3,(H,31,32);(H,6,7). The third-order valence-electron chi connectivity index (χ3n) is 5.88. The molecule has 4 rings (SSSR count). The first-order chi connectivity index (χ1) is 18.8. The number of nitrogens with zero attached hydrogens (tertiary/aromatic N) is 5. The van der Waals surface area contributed by atoms with E-state index >= 15 is 0 Å². The number of nitrogens with one attached hydrogen (secondary N) is 1. The van der Waals surface area contributed by atoms with E-state index in [-0.39, 0.29) is 22.8 Å². The number of imidazole rings is 1. The number of rotatable bonds is 5. The Balaban J connectivity index is 0.000000559. The molecule has 0 bridgehead atoms. The molecule has 3 N–H and O–H groups in total. The van der Waals surface area contributed by atoms with Crippen LogP contribution in [0.2, 0.25) is 0 Å². The lowest BCUT2D eigenvalue weighted by atomic mass is 10.1. The Kier molecular flexibility index (Phi) is 9.05. The number of alkyl halides is 3. The van der Waals surface area contributed by atoms with Crippen LogP contribution in [0.3, 0.4) is 0 Å². The predicted molar refractivity (Wildman–Crippen MR) is 138 cm³/mol. The summed E-state index contributed by atoms with van der Waals surface area (Å²) < 4.78 is 40.9. The van der Waals surface area contributed by atoms with Crippen LogP contribution in [0.15, 0.2) is 16.9 Å². The third-order valence-corrected chi connectivity index (χ3v) is 5.88. The number of halogens is 3. The van der Waals surface area contributed by atoms with Crippen LogP contribution in [-0.4, -0.2) is 73.6 Å². The molecule has 1 aliphatic rings. The molecule has 3 aromatic rings. The fourth-order valence-corrected chi connectivity index (χ4v) is 3.96. The molecule has 15 heteroatoms. The van der Waals surface area contributed by atoms with Crippen molar-refractivity contribution in [3.63, 3.8) is 0 Å². The van der Waals surface area contributed by atoms with Gasteiger partial charge in [-0.3, -0.25) is 13.9 Å². The number of aromatic nitrogens is 4. The van der Waals surface area contributed by atoms with E-state index in [4.69, 9.17) is 14.6 Å². The highest BCUT2D eigenvalue weighted by Gasteiger charge is 2.38. The molecule has 1 saturated heterocycles. The number of carboxylic acids is 2. The van der Waals surface area contributed by atoms with Crippen LogP contribution in [-0.2, 0) is 18.4 Å². The normalized spacial score (nSPS) is 13.2. The topological polar surface area (TPSA) is 152 Å². The fourth-order valence-electron chi connectivity index (χ4n) is 3.96. The SMILES string of the molecule is CC#CCn1c(N2CCNCC2)nc2nc(Oc3c(C)cc(C(=O)O)cc3C)n(C)c(=O)c21.O=C(O)C(F)(F)F. The number of carboxylic acid groups (broad SMARTS) is 2. The van der Waals surface area contributed by atoms with E-state index in [1.54, 1.807) is 27.8 Å². The number of aromatic carboxylic acids is 1. The number of benzene rings is 1. The second-order valence-electron chi connectivity index (χ2n) is 8.74. The molecule has 1 aliphatic heterocycles. The number of hydrogen-bond acceptors (Lipinski definition) is 8. The number of anilines is 1. The van der Waals surface area contributed by atoms with Crippen LogP contribution >= 0.6 is 0 Å². The first-order valence-electron chi connectivity index (χ1n) is 11.9. The van der Waals surface area contributed by atoms with Gasteiger partial charge in [0.05, 0.1) is 12.1 Å². The van der Waals surface area contributed by atoms with E-state index in [9.17, 15) is 27.9 Å². The second kappa shape index (κ2) is 12.1. The van der Waals surface area contributed by atoms with Crippen molar-refractivity contribution >= 4 is 29.1 Å². The van der Waals surface area contributed by atoms with E-state index in [1.807, 2.05) is 4.57 Å². The molecule has 3 heterocycles. The van der Waals surface area contributed by atoms with Gasteiger partial charge in [-0.1, -0.05) is 5.92 Å². The van der Waals surface area contributed by atoms with Crippen molar-refractivity contribution in [3.05, 3.63) is 39.2 Å². The molecule has 0 radical (unpaired) electrons. The van der Waals surface area contributed by atoms with Crippen LogP contribution in [0, 0.1) is 25.7 Å². The molecule has 0 saturated carbocycles. The van der Waals surface area contributed by atoms with Crippen molar-refractivity contribution < 1.29 is 37.7 Å². The second-order valence-corrected chi connectivity index (χ2v) is 8.74. The van der Waals surface area contributed by atoms with Crippen molar-refractivity contribution in [1.82, 2.24) is 24.4 Å². The van der Waals surface area contributed by atoms with Gasteiger partial charge in [0, 0.05) is 33.2 Å². The zero-order chi connectivity index (χ0) is 29.8. The van der Waals surface area contributed by atoms with Crippen LogP contribution in [0.1, 0.15) is 28.4 Å². The smallest absolute Gasteiger partial charge is 0.478 e. The maximum Gasteiger partial charge on any atom is 0.490 e. The summed E-state index contributed by atoms with van der Waals surface area (Å²) in [6.07, 6.45) is -5.08. The average molecular weight is 565 g/mol. The minimum Gasteiger partial charge on any atom is -0.478 e. The molecule has 2 aromatic heterocycles. The summed E-state index contributed by atoms with van der Waals surface area (Å²) in [5, 5.41) is 19.7. The third kappa shape index (κ3) is 6.52. The summed E-state index contributed by atoms with van der Waals surface area (Å²) in [4.78, 5) is 45.0. The number of ether oxygens (including phenoxy) is 1. The van der Waals surface area contributed by atoms with Crippen molar-refractivity contribution in [2.24, 2.45) is 7.05 Å². The Bertz CT molecular complexity index is 1540. The van der Waals surface area contributed by atoms with Crippen LogP contribution in [0.25, 0.3) is 11.2 Å². The van der Waals surface area contributed by atoms with Crippen LogP contribution in [0.5, 0.6) is 11.8 Å². The summed E-state index contributed by atoms with van der Waals surface area (Å²) in [5.74, 6) is 3.26. The van der Waals surface area contributed by atoms with Crippen molar-refractivity contribution in [1.29, 1.82) is 0 Å². The summed E-state index contributed by atoms with van der Waals surface area (Å²) in [6, 6.07) is 3.14. The van der Waals surface area contributed by atoms with E-state index < -0.39 is 18.1 Å². The van der Waals surface area contributed by atoms with E-state index in [1.165, 1.54) is 16.7 Å².